The van der Waals surface area contributed by atoms with Crippen LogP contribution < -0.4 is 15.9 Å². The maximum atomic E-state index is 12.6. The van der Waals surface area contributed by atoms with E-state index in [0.29, 0.717) is 27.5 Å². The third kappa shape index (κ3) is 4.31. The SMILES string of the molecule is Cc1c(C(=O)N/N=C\c2ccc(OCc3cccc4ccccc34)cc2)sc2ncnc(N)c12. The van der Waals surface area contributed by atoms with Crippen molar-refractivity contribution in [3.8, 4) is 5.75 Å². The molecule has 0 aliphatic carbocycles. The lowest BCUT2D eigenvalue weighted by Gasteiger charge is -2.09. The molecule has 0 atom stereocenters. The van der Waals surface area contributed by atoms with Crippen LogP contribution in [0, 0.1) is 6.92 Å². The van der Waals surface area contributed by atoms with E-state index in [9.17, 15) is 4.79 Å². The van der Waals surface area contributed by atoms with Gasteiger partial charge in [0.15, 0.2) is 0 Å². The number of carbonyl (C=O) groups excluding carboxylic acids is 1. The lowest BCUT2D eigenvalue weighted by Crippen LogP contribution is -2.17. The van der Waals surface area contributed by atoms with Gasteiger partial charge >= 0.3 is 0 Å². The number of aromatic nitrogens is 2. The van der Waals surface area contributed by atoms with Crippen LogP contribution in [-0.4, -0.2) is 22.1 Å². The molecule has 5 aromatic rings. The Morgan fingerprint density at radius 2 is 1.88 bits per heavy atom. The minimum atomic E-state index is -0.314. The van der Waals surface area contributed by atoms with Gasteiger partial charge in [0.25, 0.3) is 5.91 Å². The smallest absolute Gasteiger partial charge is 0.281 e. The van der Waals surface area contributed by atoms with E-state index >= 15 is 0 Å². The lowest BCUT2D eigenvalue weighted by molar-refractivity contribution is 0.0958. The summed E-state index contributed by atoms with van der Waals surface area (Å²) in [5.74, 6) is 0.809. The first kappa shape index (κ1) is 21.5. The summed E-state index contributed by atoms with van der Waals surface area (Å²) >= 11 is 1.26. The highest BCUT2D eigenvalue weighted by atomic mass is 32.1. The van der Waals surface area contributed by atoms with Gasteiger partial charge in [-0.15, -0.1) is 11.3 Å². The molecule has 0 unspecified atom stereocenters. The van der Waals surface area contributed by atoms with Crippen molar-refractivity contribution >= 4 is 50.3 Å². The minimum Gasteiger partial charge on any atom is -0.489 e. The Balaban J connectivity index is 1.21. The summed E-state index contributed by atoms with van der Waals surface area (Å²) in [6.45, 7) is 2.31. The van der Waals surface area contributed by atoms with Crippen molar-refractivity contribution < 1.29 is 9.53 Å². The lowest BCUT2D eigenvalue weighted by atomic mass is 10.1. The highest BCUT2D eigenvalue weighted by Gasteiger charge is 2.18. The van der Waals surface area contributed by atoms with Crippen molar-refractivity contribution in [3.63, 3.8) is 0 Å². The van der Waals surface area contributed by atoms with Gasteiger partial charge in [-0.05, 0) is 58.7 Å². The molecule has 168 valence electrons. The number of aryl methyl sites for hydroxylation is 1. The number of amides is 1. The number of hydrazone groups is 1. The van der Waals surface area contributed by atoms with Crippen LogP contribution in [0.2, 0.25) is 0 Å². The number of nitrogens with one attached hydrogen (secondary N) is 1. The van der Waals surface area contributed by atoms with Crippen LogP contribution in [0.4, 0.5) is 5.82 Å². The second kappa shape index (κ2) is 9.29. The van der Waals surface area contributed by atoms with Gasteiger partial charge in [-0.1, -0.05) is 42.5 Å². The first-order valence-electron chi connectivity index (χ1n) is 10.6. The third-order valence-corrected chi connectivity index (χ3v) is 6.70. The number of thiophene rings is 1. The maximum Gasteiger partial charge on any atom is 0.281 e. The van der Waals surface area contributed by atoms with E-state index in [1.165, 1.54) is 28.4 Å². The number of carbonyl (C=O) groups is 1. The van der Waals surface area contributed by atoms with Crippen molar-refractivity contribution in [1.82, 2.24) is 15.4 Å². The molecule has 3 aromatic carbocycles. The number of nitrogen functional groups attached to an aromatic ring is 1. The van der Waals surface area contributed by atoms with Crippen molar-refractivity contribution in [2.75, 3.05) is 5.73 Å². The van der Waals surface area contributed by atoms with Crippen LogP contribution in [0.3, 0.4) is 0 Å². The number of nitrogens with two attached hydrogens (primary N) is 1. The standard InChI is InChI=1S/C26H21N5O2S/c1-16-22-24(27)28-15-29-26(22)34-23(16)25(32)31-30-13-17-9-11-20(12-10-17)33-14-19-7-4-6-18-5-2-3-8-21(18)19/h2-13,15H,14H2,1H3,(H,31,32)(H2,27,28,29)/b30-13-. The van der Waals surface area contributed by atoms with Crippen molar-refractivity contribution in [3.05, 3.63) is 94.6 Å². The fourth-order valence-corrected chi connectivity index (χ4v) is 4.81. The predicted octanol–water partition coefficient (Wildman–Crippen LogP) is 5.08. The Kier molecular flexibility index (Phi) is 5.88. The number of ether oxygens (including phenoxy) is 1. The van der Waals surface area contributed by atoms with Crippen molar-refractivity contribution in [2.45, 2.75) is 13.5 Å². The molecular formula is C26H21N5O2S. The summed E-state index contributed by atoms with van der Waals surface area (Å²) in [5, 5.41) is 7.17. The first-order valence-corrected chi connectivity index (χ1v) is 11.4. The number of rotatable bonds is 6. The summed E-state index contributed by atoms with van der Waals surface area (Å²) in [6, 6.07) is 22.0. The van der Waals surface area contributed by atoms with Gasteiger partial charge in [-0.3, -0.25) is 4.79 Å². The monoisotopic (exact) mass is 467 g/mol. The zero-order valence-electron chi connectivity index (χ0n) is 18.4. The Bertz CT molecular complexity index is 1520. The number of anilines is 1. The molecule has 0 saturated carbocycles. The summed E-state index contributed by atoms with van der Waals surface area (Å²) in [4.78, 5) is 22.0. The molecule has 5 rings (SSSR count). The zero-order valence-corrected chi connectivity index (χ0v) is 19.2. The normalized spacial score (nSPS) is 11.3. The fourth-order valence-electron chi connectivity index (χ4n) is 3.76. The molecule has 0 radical (unpaired) electrons. The van der Waals surface area contributed by atoms with Crippen LogP contribution in [0.15, 0.2) is 78.2 Å². The molecule has 3 N–H and O–H groups in total. The van der Waals surface area contributed by atoms with Crippen LogP contribution in [0.5, 0.6) is 5.75 Å². The second-order valence-corrected chi connectivity index (χ2v) is 8.69. The molecule has 8 heteroatoms. The molecule has 0 aliphatic rings. The summed E-state index contributed by atoms with van der Waals surface area (Å²) in [5.41, 5.74) is 11.2. The van der Waals surface area contributed by atoms with Gasteiger partial charge in [0.2, 0.25) is 0 Å². The molecule has 0 spiro atoms. The van der Waals surface area contributed by atoms with Gasteiger partial charge in [0.1, 0.15) is 29.3 Å². The predicted molar refractivity (Wildman–Crippen MR) is 136 cm³/mol. The Morgan fingerprint density at radius 3 is 2.71 bits per heavy atom. The Hall–Kier alpha value is -4.30. The molecule has 0 fully saturated rings. The van der Waals surface area contributed by atoms with Crippen LogP contribution in [-0.2, 0) is 6.61 Å². The van der Waals surface area contributed by atoms with Gasteiger partial charge < -0.3 is 10.5 Å². The number of fused-ring (bicyclic) bond motifs is 2. The van der Waals surface area contributed by atoms with E-state index < -0.39 is 0 Å². The van der Waals surface area contributed by atoms with Crippen LogP contribution in [0.25, 0.3) is 21.0 Å². The van der Waals surface area contributed by atoms with E-state index in [0.717, 1.165) is 22.4 Å². The van der Waals surface area contributed by atoms with Gasteiger partial charge in [0.05, 0.1) is 16.5 Å². The molecule has 0 bridgehead atoms. The molecular weight excluding hydrogens is 446 g/mol. The van der Waals surface area contributed by atoms with E-state index in [1.54, 1.807) is 6.21 Å². The van der Waals surface area contributed by atoms with Gasteiger partial charge in [0, 0.05) is 0 Å². The average Bonchev–Trinajstić information content (AvgIpc) is 3.21. The van der Waals surface area contributed by atoms with Crippen molar-refractivity contribution in [1.29, 1.82) is 0 Å². The second-order valence-electron chi connectivity index (χ2n) is 7.69. The van der Waals surface area contributed by atoms with Crippen LogP contribution >= 0.6 is 11.3 Å². The van der Waals surface area contributed by atoms with Gasteiger partial charge in [-0.25, -0.2) is 15.4 Å². The molecule has 7 nitrogen and oxygen atoms in total. The van der Waals surface area contributed by atoms with Crippen LogP contribution in [0.1, 0.15) is 26.4 Å². The first-order chi connectivity index (χ1) is 16.6. The molecule has 0 saturated heterocycles. The maximum absolute atomic E-state index is 12.6. The molecule has 2 aromatic heterocycles. The third-order valence-electron chi connectivity index (χ3n) is 5.50. The summed E-state index contributed by atoms with van der Waals surface area (Å²) in [7, 11) is 0. The number of nitrogens with zero attached hydrogens (tertiary/aromatic N) is 3. The van der Waals surface area contributed by atoms with E-state index in [4.69, 9.17) is 10.5 Å². The summed E-state index contributed by atoms with van der Waals surface area (Å²) in [6.07, 6.45) is 2.98. The van der Waals surface area contributed by atoms with E-state index in [2.05, 4.69) is 44.8 Å². The largest absolute Gasteiger partial charge is 0.489 e. The average molecular weight is 468 g/mol. The topological polar surface area (TPSA) is 102 Å². The molecule has 34 heavy (non-hydrogen) atoms. The van der Waals surface area contributed by atoms with E-state index in [-0.39, 0.29) is 5.91 Å². The minimum absolute atomic E-state index is 0.314. The highest BCUT2D eigenvalue weighted by molar-refractivity contribution is 7.20. The number of hydrogen-bond donors (Lipinski definition) is 2. The number of hydrogen-bond acceptors (Lipinski definition) is 7. The molecule has 2 heterocycles. The fraction of sp³-hybridized carbons (Fsp3) is 0.0769. The highest BCUT2D eigenvalue weighted by Crippen LogP contribution is 2.31. The Labute approximate surface area is 199 Å². The molecule has 1 amide bonds. The Morgan fingerprint density at radius 1 is 1.09 bits per heavy atom. The molecule has 0 aliphatic heterocycles. The van der Waals surface area contributed by atoms with Crippen molar-refractivity contribution in [2.24, 2.45) is 5.10 Å². The van der Waals surface area contributed by atoms with Gasteiger partial charge in [-0.2, -0.15) is 5.10 Å². The number of benzene rings is 3. The zero-order chi connectivity index (χ0) is 23.5. The quantitative estimate of drug-likeness (QED) is 0.268. The van der Waals surface area contributed by atoms with E-state index in [1.807, 2.05) is 49.4 Å². The summed E-state index contributed by atoms with van der Waals surface area (Å²) < 4.78 is 5.97.